The summed E-state index contributed by atoms with van der Waals surface area (Å²) in [4.78, 5) is 13.0. The highest BCUT2D eigenvalue weighted by atomic mass is 19.4. The third-order valence-corrected chi connectivity index (χ3v) is 2.88. The molecular weight excluding hydrogens is 271 g/mol. The van der Waals surface area contributed by atoms with Crippen LogP contribution >= 0.6 is 0 Å². The molecule has 112 valence electrons. The van der Waals surface area contributed by atoms with E-state index in [0.717, 1.165) is 16.0 Å². The zero-order valence-corrected chi connectivity index (χ0v) is 11.5. The molecule has 3 nitrogen and oxygen atoms in total. The average Bonchev–Trinajstić information content (AvgIpc) is 2.30. The van der Waals surface area contributed by atoms with E-state index >= 15 is 0 Å². The summed E-state index contributed by atoms with van der Waals surface area (Å²) in [6, 6.07) is 5.28. The van der Waals surface area contributed by atoms with E-state index in [2.05, 4.69) is 0 Å². The third kappa shape index (κ3) is 5.30. The predicted molar refractivity (Wildman–Crippen MR) is 69.8 cm³/mol. The molecule has 0 aliphatic carbocycles. The molecule has 0 heterocycles. The molecule has 0 saturated heterocycles. The molecule has 20 heavy (non-hydrogen) atoms. The van der Waals surface area contributed by atoms with E-state index in [0.29, 0.717) is 5.56 Å². The van der Waals surface area contributed by atoms with Gasteiger partial charge in [-0.15, -0.1) is 0 Å². The molecule has 0 atom stereocenters. The minimum atomic E-state index is -4.39. The molecule has 1 rings (SSSR count). The van der Waals surface area contributed by atoms with Gasteiger partial charge in [0.25, 0.3) is 0 Å². The molecule has 6 heteroatoms. The maximum atomic E-state index is 12.4. The van der Waals surface area contributed by atoms with Crippen molar-refractivity contribution in [1.29, 1.82) is 0 Å². The third-order valence-electron chi connectivity index (χ3n) is 2.88. The smallest absolute Gasteiger partial charge is 0.395 e. The summed E-state index contributed by atoms with van der Waals surface area (Å²) >= 11 is 0. The average molecular weight is 289 g/mol. The lowest BCUT2D eigenvalue weighted by molar-refractivity contribution is -0.145. The summed E-state index contributed by atoms with van der Waals surface area (Å²) in [6.07, 6.45) is -4.39. The molecule has 1 N–H and O–H groups in total. The Morgan fingerprint density at radius 2 is 1.95 bits per heavy atom. The first-order valence-electron chi connectivity index (χ1n) is 6.23. The molecule has 0 aromatic heterocycles. The van der Waals surface area contributed by atoms with Crippen LogP contribution < -0.4 is 0 Å². The Labute approximate surface area is 116 Å². The van der Waals surface area contributed by atoms with Crippen molar-refractivity contribution < 1.29 is 23.1 Å². The highest BCUT2D eigenvalue weighted by molar-refractivity contribution is 5.99. The van der Waals surface area contributed by atoms with E-state index in [9.17, 15) is 18.0 Å². The van der Waals surface area contributed by atoms with E-state index in [1.807, 2.05) is 13.0 Å². The molecule has 0 unspecified atom stereocenters. The summed E-state index contributed by atoms with van der Waals surface area (Å²) in [6.45, 7) is 1.39. The molecule has 0 fully saturated rings. The lowest BCUT2D eigenvalue weighted by Gasteiger charge is -2.22. The molecule has 1 aromatic rings. The van der Waals surface area contributed by atoms with Crippen molar-refractivity contribution in [2.75, 3.05) is 26.2 Å². The highest BCUT2D eigenvalue weighted by Crippen LogP contribution is 2.17. The first-order valence-corrected chi connectivity index (χ1v) is 6.23. The fourth-order valence-corrected chi connectivity index (χ4v) is 1.93. The van der Waals surface area contributed by atoms with Gasteiger partial charge in [-0.3, -0.25) is 9.69 Å². The molecule has 0 aliphatic rings. The van der Waals surface area contributed by atoms with Gasteiger partial charge >= 0.3 is 6.18 Å². The number of hydrogen-bond acceptors (Lipinski definition) is 3. The first-order chi connectivity index (χ1) is 9.23. The van der Waals surface area contributed by atoms with Gasteiger partial charge in [0.2, 0.25) is 0 Å². The van der Waals surface area contributed by atoms with Crippen molar-refractivity contribution in [3.05, 3.63) is 34.9 Å². The van der Waals surface area contributed by atoms with E-state index in [1.165, 1.54) is 0 Å². The van der Waals surface area contributed by atoms with Gasteiger partial charge in [0.1, 0.15) is 0 Å². The Bertz CT molecular complexity index is 472. The Balaban J connectivity index is 2.82. The number of aliphatic hydroxyl groups is 1. The number of carbonyl (C=O) groups is 1. The quantitative estimate of drug-likeness (QED) is 0.817. The first kappa shape index (κ1) is 16.7. The van der Waals surface area contributed by atoms with Crippen LogP contribution in [0, 0.1) is 13.8 Å². The maximum absolute atomic E-state index is 12.4. The van der Waals surface area contributed by atoms with Crippen LogP contribution in [0.15, 0.2) is 18.2 Å². The SMILES string of the molecule is Cc1ccc(C)c(C(=O)CN(CCO)CC(F)(F)F)c1. The van der Waals surface area contributed by atoms with Crippen LogP contribution in [0.2, 0.25) is 0 Å². The fourth-order valence-electron chi connectivity index (χ4n) is 1.93. The lowest BCUT2D eigenvalue weighted by Crippen LogP contribution is -2.39. The molecular formula is C14H18F3NO2. The fraction of sp³-hybridized carbons (Fsp3) is 0.500. The minimum absolute atomic E-state index is 0.184. The molecule has 1 aromatic carbocycles. The summed E-state index contributed by atoms with van der Waals surface area (Å²) < 4.78 is 37.2. The topological polar surface area (TPSA) is 40.5 Å². The minimum Gasteiger partial charge on any atom is -0.395 e. The second-order valence-electron chi connectivity index (χ2n) is 4.79. The Kier molecular flexibility index (Phi) is 5.71. The van der Waals surface area contributed by atoms with Crippen molar-refractivity contribution in [3.8, 4) is 0 Å². The van der Waals surface area contributed by atoms with E-state index < -0.39 is 19.3 Å². The molecule has 0 aliphatic heterocycles. The highest BCUT2D eigenvalue weighted by Gasteiger charge is 2.31. The number of carbonyl (C=O) groups excluding carboxylic acids is 1. The second kappa shape index (κ2) is 6.85. The van der Waals surface area contributed by atoms with Crippen LogP contribution in [0.25, 0.3) is 0 Å². The number of aryl methyl sites for hydroxylation is 2. The van der Waals surface area contributed by atoms with Crippen molar-refractivity contribution >= 4 is 5.78 Å². The molecule has 0 radical (unpaired) electrons. The number of alkyl halides is 3. The number of Topliss-reactive ketones (excluding diaryl/α,β-unsaturated/α-hetero) is 1. The summed E-state index contributed by atoms with van der Waals surface area (Å²) in [7, 11) is 0. The molecule has 0 saturated carbocycles. The molecule has 0 spiro atoms. The van der Waals surface area contributed by atoms with Gasteiger partial charge in [0.15, 0.2) is 5.78 Å². The van der Waals surface area contributed by atoms with E-state index in [-0.39, 0.29) is 18.9 Å². The number of halogens is 3. The number of ketones is 1. The van der Waals surface area contributed by atoms with E-state index in [1.54, 1.807) is 19.1 Å². The summed E-state index contributed by atoms with van der Waals surface area (Å²) in [5.74, 6) is -0.371. The van der Waals surface area contributed by atoms with Gasteiger partial charge in [0.05, 0.1) is 19.7 Å². The van der Waals surface area contributed by atoms with Crippen LogP contribution in [0.5, 0.6) is 0 Å². The number of aliphatic hydroxyl groups excluding tert-OH is 1. The largest absolute Gasteiger partial charge is 0.401 e. The zero-order valence-electron chi connectivity index (χ0n) is 11.5. The Hall–Kier alpha value is -1.40. The van der Waals surface area contributed by atoms with Gasteiger partial charge < -0.3 is 5.11 Å². The number of nitrogens with zero attached hydrogens (tertiary/aromatic N) is 1. The number of benzene rings is 1. The van der Waals surface area contributed by atoms with E-state index in [4.69, 9.17) is 5.11 Å². The van der Waals surface area contributed by atoms with Gasteiger partial charge in [0, 0.05) is 12.1 Å². The zero-order chi connectivity index (χ0) is 15.3. The van der Waals surface area contributed by atoms with Crippen LogP contribution in [-0.4, -0.2) is 48.2 Å². The lowest BCUT2D eigenvalue weighted by atomic mass is 10.0. The number of rotatable bonds is 6. The maximum Gasteiger partial charge on any atom is 0.401 e. The molecule has 0 bridgehead atoms. The van der Waals surface area contributed by atoms with Gasteiger partial charge in [-0.05, 0) is 25.5 Å². The van der Waals surface area contributed by atoms with Crippen LogP contribution in [0.3, 0.4) is 0 Å². The van der Waals surface area contributed by atoms with Crippen molar-refractivity contribution in [2.45, 2.75) is 20.0 Å². The van der Waals surface area contributed by atoms with Crippen LogP contribution in [0.4, 0.5) is 13.2 Å². The van der Waals surface area contributed by atoms with Crippen molar-refractivity contribution in [2.24, 2.45) is 0 Å². The molecule has 0 amide bonds. The van der Waals surface area contributed by atoms with Crippen molar-refractivity contribution in [3.63, 3.8) is 0 Å². The van der Waals surface area contributed by atoms with Crippen molar-refractivity contribution in [1.82, 2.24) is 4.90 Å². The Morgan fingerprint density at radius 1 is 1.30 bits per heavy atom. The predicted octanol–water partition coefficient (Wildman–Crippen LogP) is 2.34. The summed E-state index contributed by atoms with van der Waals surface area (Å²) in [5, 5.41) is 8.80. The standard InChI is InChI=1S/C14H18F3NO2/c1-10-3-4-11(2)12(7-10)13(20)8-18(5-6-19)9-14(15,16)17/h3-4,7,19H,5-6,8-9H2,1-2H3. The summed E-state index contributed by atoms with van der Waals surface area (Å²) in [5.41, 5.74) is 2.04. The Morgan fingerprint density at radius 3 is 2.50 bits per heavy atom. The monoisotopic (exact) mass is 289 g/mol. The van der Waals surface area contributed by atoms with Gasteiger partial charge in [-0.25, -0.2) is 0 Å². The normalized spacial score (nSPS) is 11.9. The van der Waals surface area contributed by atoms with Crippen LogP contribution in [-0.2, 0) is 0 Å². The van der Waals surface area contributed by atoms with Gasteiger partial charge in [-0.2, -0.15) is 13.2 Å². The number of hydrogen-bond donors (Lipinski definition) is 1. The second-order valence-corrected chi connectivity index (χ2v) is 4.79. The van der Waals surface area contributed by atoms with Crippen LogP contribution in [0.1, 0.15) is 21.5 Å². The van der Waals surface area contributed by atoms with Gasteiger partial charge in [-0.1, -0.05) is 17.7 Å².